The number of aliphatic imine (C=N–C) groups is 1. The van der Waals surface area contributed by atoms with E-state index in [4.69, 9.17) is 4.99 Å². The third kappa shape index (κ3) is 6.31. The maximum atomic E-state index is 13.0. The third-order valence-corrected chi connectivity index (χ3v) is 5.52. The molecule has 0 aliphatic heterocycles. The molecule has 0 aliphatic carbocycles. The van der Waals surface area contributed by atoms with E-state index >= 15 is 0 Å². The van der Waals surface area contributed by atoms with Crippen molar-refractivity contribution >= 4 is 29.1 Å². The monoisotopic (exact) mass is 460 g/mol. The van der Waals surface area contributed by atoms with Crippen molar-refractivity contribution in [1.29, 1.82) is 0 Å². The Morgan fingerprint density at radius 3 is 2.35 bits per heavy atom. The average molecular weight is 461 g/mol. The Morgan fingerprint density at radius 1 is 1.00 bits per heavy atom. The minimum absolute atomic E-state index is 0.165. The van der Waals surface area contributed by atoms with Crippen molar-refractivity contribution in [2.24, 2.45) is 4.99 Å². The van der Waals surface area contributed by atoms with E-state index in [9.17, 15) is 9.59 Å². The molecular weight excluding hydrogens is 428 g/mol. The first kappa shape index (κ1) is 24.7. The Labute approximate surface area is 200 Å². The summed E-state index contributed by atoms with van der Waals surface area (Å²) in [5.74, 6) is -0.112. The number of nitrogens with one attached hydrogen (secondary N) is 3. The lowest BCUT2D eigenvalue weighted by atomic mass is 10.1. The molecule has 0 atom stereocenters. The molecule has 0 saturated carbocycles. The van der Waals surface area contributed by atoms with Gasteiger partial charge >= 0.3 is 0 Å². The highest BCUT2D eigenvalue weighted by Gasteiger charge is 2.13. The van der Waals surface area contributed by atoms with Gasteiger partial charge in [0.1, 0.15) is 0 Å². The van der Waals surface area contributed by atoms with Crippen LogP contribution in [-0.2, 0) is 24.3 Å². The highest BCUT2D eigenvalue weighted by atomic mass is 16.2. The quantitative estimate of drug-likeness (QED) is 0.358. The first-order valence-corrected chi connectivity index (χ1v) is 11.4. The molecule has 2 aromatic carbocycles. The zero-order valence-electron chi connectivity index (χ0n) is 20.4. The van der Waals surface area contributed by atoms with Crippen molar-refractivity contribution in [2.75, 3.05) is 10.6 Å². The average Bonchev–Trinajstić information content (AvgIpc) is 3.10. The second-order valence-corrected chi connectivity index (χ2v) is 8.02. The molecule has 0 saturated heterocycles. The number of amides is 2. The molecule has 2 amide bonds. The number of aromatic nitrogens is 2. The van der Waals surface area contributed by atoms with Crippen LogP contribution in [-0.4, -0.2) is 27.6 Å². The summed E-state index contributed by atoms with van der Waals surface area (Å²) >= 11 is 0. The van der Waals surface area contributed by atoms with Crippen LogP contribution in [0.25, 0.3) is 0 Å². The number of guanidine groups is 1. The summed E-state index contributed by atoms with van der Waals surface area (Å²) in [6, 6.07) is 14.7. The van der Waals surface area contributed by atoms with Gasteiger partial charge in [-0.15, -0.1) is 0 Å². The summed E-state index contributed by atoms with van der Waals surface area (Å²) in [4.78, 5) is 28.9. The predicted molar refractivity (Wildman–Crippen MR) is 136 cm³/mol. The molecule has 0 radical (unpaired) electrons. The molecule has 8 heteroatoms. The van der Waals surface area contributed by atoms with Crippen molar-refractivity contribution in [3.05, 3.63) is 76.6 Å². The summed E-state index contributed by atoms with van der Waals surface area (Å²) < 4.78 is 1.95. The van der Waals surface area contributed by atoms with Gasteiger partial charge in [-0.3, -0.25) is 19.6 Å². The molecule has 0 unspecified atom stereocenters. The standard InChI is InChI=1S/C26H32N6O2/c1-6-20-9-8-10-23(15-20)29-26(27-16-24-17(3)31-32(7-2)18(24)4)30-25(34)21-11-13-22(14-12-21)28-19(5)33/h8-15H,6-7,16H2,1-5H3,(H,28,33)(H2,27,29,30,34). The maximum Gasteiger partial charge on any atom is 0.257 e. The second-order valence-electron chi connectivity index (χ2n) is 8.02. The number of hydrogen-bond donors (Lipinski definition) is 3. The Kier molecular flexibility index (Phi) is 8.19. The molecule has 1 aromatic heterocycles. The molecule has 3 aromatic rings. The van der Waals surface area contributed by atoms with Crippen LogP contribution < -0.4 is 16.0 Å². The van der Waals surface area contributed by atoms with Crippen LogP contribution in [0.3, 0.4) is 0 Å². The normalized spacial score (nSPS) is 11.3. The van der Waals surface area contributed by atoms with Gasteiger partial charge in [-0.25, -0.2) is 4.99 Å². The van der Waals surface area contributed by atoms with E-state index in [-0.39, 0.29) is 11.8 Å². The van der Waals surface area contributed by atoms with E-state index in [1.54, 1.807) is 24.3 Å². The molecule has 0 spiro atoms. The van der Waals surface area contributed by atoms with Gasteiger partial charge in [-0.1, -0.05) is 19.1 Å². The van der Waals surface area contributed by atoms with Crippen LogP contribution in [0.4, 0.5) is 11.4 Å². The lowest BCUT2D eigenvalue weighted by molar-refractivity contribution is -0.114. The van der Waals surface area contributed by atoms with Crippen LogP contribution in [0.15, 0.2) is 53.5 Å². The first-order chi connectivity index (χ1) is 16.3. The smallest absolute Gasteiger partial charge is 0.257 e. The van der Waals surface area contributed by atoms with Crippen molar-refractivity contribution in [3.63, 3.8) is 0 Å². The van der Waals surface area contributed by atoms with Crippen molar-refractivity contribution in [3.8, 4) is 0 Å². The Bertz CT molecular complexity index is 1190. The highest BCUT2D eigenvalue weighted by molar-refractivity contribution is 6.10. The number of hydrogen-bond acceptors (Lipinski definition) is 4. The topological polar surface area (TPSA) is 100 Å². The van der Waals surface area contributed by atoms with Gasteiger partial charge in [0.2, 0.25) is 11.9 Å². The fourth-order valence-electron chi connectivity index (χ4n) is 3.63. The Hall–Kier alpha value is -3.94. The summed E-state index contributed by atoms with van der Waals surface area (Å²) in [6.45, 7) is 10.8. The highest BCUT2D eigenvalue weighted by Crippen LogP contribution is 2.16. The number of anilines is 2. The minimum Gasteiger partial charge on any atom is -0.326 e. The SMILES string of the molecule is CCc1cccc(NC(=NCc2c(C)nn(CC)c2C)NC(=O)c2ccc(NC(C)=O)cc2)c1. The summed E-state index contributed by atoms with van der Waals surface area (Å²) in [7, 11) is 0. The van der Waals surface area contributed by atoms with E-state index in [0.29, 0.717) is 23.8 Å². The number of rotatable bonds is 7. The summed E-state index contributed by atoms with van der Waals surface area (Å²) in [6.07, 6.45) is 0.906. The van der Waals surface area contributed by atoms with E-state index in [0.717, 1.165) is 35.6 Å². The zero-order valence-corrected chi connectivity index (χ0v) is 20.4. The zero-order chi connectivity index (χ0) is 24.7. The van der Waals surface area contributed by atoms with Gasteiger partial charge in [-0.05, 0) is 69.2 Å². The molecule has 3 N–H and O–H groups in total. The van der Waals surface area contributed by atoms with Gasteiger partial charge in [0.25, 0.3) is 5.91 Å². The predicted octanol–water partition coefficient (Wildman–Crippen LogP) is 4.44. The van der Waals surface area contributed by atoms with Gasteiger partial charge in [0.15, 0.2) is 0 Å². The lowest BCUT2D eigenvalue weighted by Gasteiger charge is -2.13. The van der Waals surface area contributed by atoms with Crippen molar-refractivity contribution in [1.82, 2.24) is 15.1 Å². The van der Waals surface area contributed by atoms with E-state index in [2.05, 4.69) is 41.0 Å². The summed E-state index contributed by atoms with van der Waals surface area (Å²) in [5.41, 5.74) is 6.14. The molecule has 0 aliphatic rings. The number of benzene rings is 2. The molecule has 0 bridgehead atoms. The Balaban J connectivity index is 1.84. The number of aryl methyl sites for hydroxylation is 3. The Morgan fingerprint density at radius 2 is 1.74 bits per heavy atom. The molecule has 178 valence electrons. The van der Waals surface area contributed by atoms with Crippen LogP contribution in [0.5, 0.6) is 0 Å². The largest absolute Gasteiger partial charge is 0.326 e. The number of carbonyl (C=O) groups excluding carboxylic acids is 2. The fourth-order valence-corrected chi connectivity index (χ4v) is 3.63. The van der Waals surface area contributed by atoms with Crippen LogP contribution in [0, 0.1) is 13.8 Å². The molecule has 3 rings (SSSR count). The summed E-state index contributed by atoms with van der Waals surface area (Å²) in [5, 5.41) is 13.4. The minimum atomic E-state index is -0.301. The molecule has 0 fully saturated rings. The molecule has 34 heavy (non-hydrogen) atoms. The molecular formula is C26H32N6O2. The van der Waals surface area contributed by atoms with Gasteiger partial charge in [0.05, 0.1) is 12.2 Å². The second kappa shape index (κ2) is 11.3. The lowest BCUT2D eigenvalue weighted by Crippen LogP contribution is -2.36. The maximum absolute atomic E-state index is 13.0. The first-order valence-electron chi connectivity index (χ1n) is 11.4. The number of nitrogens with zero attached hydrogens (tertiary/aromatic N) is 3. The molecule has 1 heterocycles. The third-order valence-electron chi connectivity index (χ3n) is 5.52. The van der Waals surface area contributed by atoms with Crippen LogP contribution in [0.2, 0.25) is 0 Å². The van der Waals surface area contributed by atoms with Crippen LogP contribution >= 0.6 is 0 Å². The van der Waals surface area contributed by atoms with E-state index < -0.39 is 0 Å². The van der Waals surface area contributed by atoms with Gasteiger partial charge < -0.3 is 10.6 Å². The molecule has 8 nitrogen and oxygen atoms in total. The van der Waals surface area contributed by atoms with Crippen molar-refractivity contribution < 1.29 is 9.59 Å². The van der Waals surface area contributed by atoms with E-state index in [1.165, 1.54) is 12.5 Å². The van der Waals surface area contributed by atoms with E-state index in [1.807, 2.05) is 36.7 Å². The fraction of sp³-hybridized carbons (Fsp3) is 0.308. The van der Waals surface area contributed by atoms with Crippen LogP contribution in [0.1, 0.15) is 53.6 Å². The van der Waals surface area contributed by atoms with Gasteiger partial charge in [0, 0.05) is 41.7 Å². The van der Waals surface area contributed by atoms with Gasteiger partial charge in [-0.2, -0.15) is 5.10 Å². The number of carbonyl (C=O) groups is 2. The van der Waals surface area contributed by atoms with Crippen molar-refractivity contribution in [2.45, 2.75) is 54.1 Å².